The number of hydrogen-bond acceptors (Lipinski definition) is 4. The minimum atomic E-state index is -0.560. The summed E-state index contributed by atoms with van der Waals surface area (Å²) in [5.74, 6) is -0.383. The fourth-order valence-corrected chi connectivity index (χ4v) is 2.28. The zero-order valence-corrected chi connectivity index (χ0v) is 13.8. The molecule has 0 spiro atoms. The first-order valence-corrected chi connectivity index (χ1v) is 8.10. The summed E-state index contributed by atoms with van der Waals surface area (Å²) in [7, 11) is 1.34. The number of methoxy groups -OCH3 is 1. The summed E-state index contributed by atoms with van der Waals surface area (Å²) < 4.78 is 4.58. The molecule has 2 N–H and O–H groups in total. The highest BCUT2D eigenvalue weighted by Gasteiger charge is 2.07. The predicted octanol–water partition coefficient (Wildman–Crippen LogP) is 3.36. The molecular weight excluding hydrogens is 268 g/mol. The van der Waals surface area contributed by atoms with Gasteiger partial charge >= 0.3 is 5.97 Å². The van der Waals surface area contributed by atoms with E-state index >= 15 is 0 Å². The lowest BCUT2D eigenvalue weighted by atomic mass is 10.0. The first-order valence-electron chi connectivity index (χ1n) is 8.10. The van der Waals surface area contributed by atoms with E-state index in [1.54, 1.807) is 13.0 Å². The summed E-state index contributed by atoms with van der Waals surface area (Å²) in [5, 5.41) is 18.9. The monoisotopic (exact) mass is 300 g/mol. The van der Waals surface area contributed by atoms with Crippen LogP contribution in [0.15, 0.2) is 11.6 Å². The molecule has 0 aliphatic carbocycles. The van der Waals surface area contributed by atoms with E-state index in [1.165, 1.54) is 32.8 Å². The van der Waals surface area contributed by atoms with Crippen molar-refractivity contribution in [3.8, 4) is 0 Å². The van der Waals surface area contributed by atoms with Gasteiger partial charge in [0.25, 0.3) is 0 Å². The molecule has 124 valence electrons. The van der Waals surface area contributed by atoms with E-state index in [4.69, 9.17) is 5.11 Å². The minimum Gasteiger partial charge on any atom is -0.466 e. The molecule has 0 bridgehead atoms. The Bertz CT molecular complexity index is 297. The van der Waals surface area contributed by atoms with Gasteiger partial charge in [0.05, 0.1) is 19.3 Å². The third-order valence-electron chi connectivity index (χ3n) is 3.57. The van der Waals surface area contributed by atoms with E-state index in [9.17, 15) is 9.90 Å². The molecule has 0 saturated heterocycles. The Morgan fingerprint density at radius 2 is 1.48 bits per heavy atom. The maximum absolute atomic E-state index is 11.2. The third kappa shape index (κ3) is 12.6. The van der Waals surface area contributed by atoms with Crippen molar-refractivity contribution in [2.75, 3.05) is 7.11 Å². The van der Waals surface area contributed by atoms with E-state index in [-0.39, 0.29) is 12.1 Å². The molecule has 0 aromatic heterocycles. The molecule has 0 radical (unpaired) electrons. The molecule has 0 saturated carbocycles. The summed E-state index contributed by atoms with van der Waals surface area (Å²) in [6.45, 7) is 3.49. The smallest absolute Gasteiger partial charge is 0.333 e. The van der Waals surface area contributed by atoms with Crippen molar-refractivity contribution in [3.63, 3.8) is 0 Å². The van der Waals surface area contributed by atoms with E-state index < -0.39 is 6.10 Å². The second-order valence-corrected chi connectivity index (χ2v) is 5.81. The van der Waals surface area contributed by atoms with Crippen LogP contribution >= 0.6 is 0 Å². The first kappa shape index (κ1) is 20.1. The Balaban J connectivity index is 3.48. The lowest BCUT2D eigenvalue weighted by Crippen LogP contribution is -2.08. The van der Waals surface area contributed by atoms with Gasteiger partial charge in [-0.25, -0.2) is 4.79 Å². The standard InChI is InChI=1S/C17H32O4/c1-14(17(20)21-3)13-16(19)12-10-8-6-4-5-7-9-11-15(2)18/h13,15-16,18-19H,4-12H2,1-3H3. The molecule has 0 amide bonds. The Morgan fingerprint density at radius 1 is 1.00 bits per heavy atom. The zero-order chi connectivity index (χ0) is 16.1. The molecule has 2 atom stereocenters. The minimum absolute atomic E-state index is 0.173. The van der Waals surface area contributed by atoms with Crippen molar-refractivity contribution in [2.45, 2.75) is 83.8 Å². The van der Waals surface area contributed by atoms with Gasteiger partial charge in [-0.1, -0.05) is 44.9 Å². The molecule has 0 rings (SSSR count). The Morgan fingerprint density at radius 3 is 1.95 bits per heavy atom. The summed E-state index contributed by atoms with van der Waals surface area (Å²) in [5.41, 5.74) is 0.461. The van der Waals surface area contributed by atoms with Gasteiger partial charge in [0.2, 0.25) is 0 Å². The number of rotatable bonds is 12. The highest BCUT2D eigenvalue weighted by Crippen LogP contribution is 2.12. The van der Waals surface area contributed by atoms with Gasteiger partial charge in [0.1, 0.15) is 0 Å². The van der Waals surface area contributed by atoms with Gasteiger partial charge in [0.15, 0.2) is 0 Å². The van der Waals surface area contributed by atoms with E-state index in [2.05, 4.69) is 4.74 Å². The predicted molar refractivity (Wildman–Crippen MR) is 85.0 cm³/mol. The summed E-state index contributed by atoms with van der Waals surface area (Å²) in [6, 6.07) is 0. The quantitative estimate of drug-likeness (QED) is 0.329. The van der Waals surface area contributed by atoms with E-state index in [0.29, 0.717) is 12.0 Å². The molecule has 0 fully saturated rings. The van der Waals surface area contributed by atoms with Crippen molar-refractivity contribution in [3.05, 3.63) is 11.6 Å². The highest BCUT2D eigenvalue weighted by atomic mass is 16.5. The molecule has 0 aromatic carbocycles. The average molecular weight is 300 g/mol. The molecule has 0 aliphatic rings. The van der Waals surface area contributed by atoms with Crippen LogP contribution in [0.5, 0.6) is 0 Å². The fraction of sp³-hybridized carbons (Fsp3) is 0.824. The van der Waals surface area contributed by atoms with Crippen LogP contribution in [0.3, 0.4) is 0 Å². The topological polar surface area (TPSA) is 66.8 Å². The van der Waals surface area contributed by atoms with Crippen LogP contribution in [0.2, 0.25) is 0 Å². The van der Waals surface area contributed by atoms with Crippen molar-refractivity contribution in [1.29, 1.82) is 0 Å². The molecule has 0 heterocycles. The number of unbranched alkanes of at least 4 members (excludes halogenated alkanes) is 6. The second kappa shape index (κ2) is 12.8. The second-order valence-electron chi connectivity index (χ2n) is 5.81. The number of aliphatic hydroxyl groups excluding tert-OH is 2. The van der Waals surface area contributed by atoms with Crippen LogP contribution in [-0.2, 0) is 9.53 Å². The van der Waals surface area contributed by atoms with Crippen molar-refractivity contribution in [2.24, 2.45) is 0 Å². The van der Waals surface area contributed by atoms with Crippen LogP contribution in [-0.4, -0.2) is 35.5 Å². The van der Waals surface area contributed by atoms with Gasteiger partial charge in [-0.2, -0.15) is 0 Å². The third-order valence-corrected chi connectivity index (χ3v) is 3.57. The Hall–Kier alpha value is -0.870. The number of esters is 1. The maximum atomic E-state index is 11.2. The summed E-state index contributed by atoms with van der Waals surface area (Å²) >= 11 is 0. The summed E-state index contributed by atoms with van der Waals surface area (Å²) in [6.07, 6.45) is 10.4. The fourth-order valence-electron chi connectivity index (χ4n) is 2.28. The molecule has 0 aromatic rings. The van der Waals surface area contributed by atoms with Gasteiger partial charge in [0, 0.05) is 5.57 Å². The normalized spacial score (nSPS) is 14.8. The molecular formula is C17H32O4. The first-order chi connectivity index (χ1) is 9.97. The molecule has 2 unspecified atom stereocenters. The van der Waals surface area contributed by atoms with Crippen molar-refractivity contribution < 1.29 is 19.7 Å². The number of carbonyl (C=O) groups is 1. The number of carbonyl (C=O) groups excluding carboxylic acids is 1. The number of aliphatic hydroxyl groups is 2. The molecule has 4 nitrogen and oxygen atoms in total. The number of ether oxygens (including phenoxy) is 1. The van der Waals surface area contributed by atoms with Crippen molar-refractivity contribution in [1.82, 2.24) is 0 Å². The largest absolute Gasteiger partial charge is 0.466 e. The Labute approximate surface area is 129 Å². The maximum Gasteiger partial charge on any atom is 0.333 e. The highest BCUT2D eigenvalue weighted by molar-refractivity contribution is 5.87. The number of hydrogen-bond donors (Lipinski definition) is 2. The average Bonchev–Trinajstić information content (AvgIpc) is 2.44. The van der Waals surface area contributed by atoms with Crippen molar-refractivity contribution >= 4 is 5.97 Å². The van der Waals surface area contributed by atoms with E-state index in [0.717, 1.165) is 25.7 Å². The van der Waals surface area contributed by atoms with Crippen LogP contribution < -0.4 is 0 Å². The van der Waals surface area contributed by atoms with Crippen LogP contribution in [0.1, 0.15) is 71.6 Å². The molecule has 0 aliphatic heterocycles. The van der Waals surface area contributed by atoms with Gasteiger partial charge < -0.3 is 14.9 Å². The van der Waals surface area contributed by atoms with Crippen LogP contribution in [0, 0.1) is 0 Å². The van der Waals surface area contributed by atoms with Crippen LogP contribution in [0.4, 0.5) is 0 Å². The van der Waals surface area contributed by atoms with Crippen LogP contribution in [0.25, 0.3) is 0 Å². The molecule has 21 heavy (non-hydrogen) atoms. The SMILES string of the molecule is COC(=O)C(C)=CC(O)CCCCCCCCCC(C)O. The lowest BCUT2D eigenvalue weighted by Gasteiger charge is -2.07. The van der Waals surface area contributed by atoms with Gasteiger partial charge in [-0.15, -0.1) is 0 Å². The zero-order valence-electron chi connectivity index (χ0n) is 13.8. The lowest BCUT2D eigenvalue weighted by molar-refractivity contribution is -0.136. The van der Waals surface area contributed by atoms with E-state index in [1.807, 2.05) is 6.92 Å². The summed E-state index contributed by atoms with van der Waals surface area (Å²) in [4.78, 5) is 11.2. The van der Waals surface area contributed by atoms with Gasteiger partial charge in [-0.3, -0.25) is 0 Å². The Kier molecular flexibility index (Phi) is 12.3. The van der Waals surface area contributed by atoms with Gasteiger partial charge in [-0.05, 0) is 32.8 Å². The molecule has 4 heteroatoms.